The van der Waals surface area contributed by atoms with Gasteiger partial charge in [-0.3, -0.25) is 9.80 Å². The highest BCUT2D eigenvalue weighted by Crippen LogP contribution is 2.42. The van der Waals surface area contributed by atoms with Gasteiger partial charge in [-0.1, -0.05) is 83.7 Å². The molecule has 0 radical (unpaired) electrons. The summed E-state index contributed by atoms with van der Waals surface area (Å²) in [6, 6.07) is 14.7. The molecule has 9 nitrogen and oxygen atoms in total. The summed E-state index contributed by atoms with van der Waals surface area (Å²) in [7, 11) is 5.88. The number of likely N-dealkylation sites (N-methyl/N-ethyl adjacent to an activating group) is 1. The quantitative estimate of drug-likeness (QED) is 0.0628. The van der Waals surface area contributed by atoms with Crippen molar-refractivity contribution in [1.82, 2.24) is 30.1 Å². The Morgan fingerprint density at radius 1 is 1.16 bits per heavy atom. The zero-order valence-electron chi connectivity index (χ0n) is 39.9. The van der Waals surface area contributed by atoms with Crippen LogP contribution >= 0.6 is 0 Å². The molecule has 3 heterocycles. The highest BCUT2D eigenvalue weighted by Gasteiger charge is 2.32. The number of hydrogen-bond donors (Lipinski definition) is 2. The number of terminal acetylenes is 1. The number of likely N-dealkylation sites (tertiary alicyclic amines) is 1. The Bertz CT molecular complexity index is 2260. The van der Waals surface area contributed by atoms with Gasteiger partial charge in [0.1, 0.15) is 12.3 Å². The minimum absolute atomic E-state index is 0.0452. The number of hydrogen-bond acceptors (Lipinski definition) is 7. The molecule has 338 valence electrons. The zero-order chi connectivity index (χ0) is 46.2. The van der Waals surface area contributed by atoms with Gasteiger partial charge in [-0.15, -0.1) is 6.42 Å². The van der Waals surface area contributed by atoms with Crippen LogP contribution in [-0.4, -0.2) is 90.6 Å². The number of aromatic nitrogens is 1. The Morgan fingerprint density at radius 3 is 2.48 bits per heavy atom. The fraction of sp³-hybridized carbons (Fsp3) is 0.481. The molecule has 0 saturated carbocycles. The summed E-state index contributed by atoms with van der Waals surface area (Å²) >= 11 is 0. The minimum atomic E-state index is -0.571. The first-order chi connectivity index (χ1) is 30.0. The van der Waals surface area contributed by atoms with Crippen molar-refractivity contribution in [3.8, 4) is 23.5 Å². The van der Waals surface area contributed by atoms with E-state index in [-0.39, 0.29) is 29.4 Å². The van der Waals surface area contributed by atoms with Crippen LogP contribution in [0.2, 0.25) is 0 Å². The Morgan fingerprint density at radius 2 is 1.87 bits per heavy atom. The second-order valence-corrected chi connectivity index (χ2v) is 19.0. The van der Waals surface area contributed by atoms with Crippen molar-refractivity contribution in [1.29, 1.82) is 0 Å². The lowest BCUT2D eigenvalue weighted by Crippen LogP contribution is -2.55. The molecule has 63 heavy (non-hydrogen) atoms. The molecule has 9 heteroatoms. The molecule has 1 aromatic heterocycles. The highest BCUT2D eigenvalue weighted by atomic mass is 16.5. The van der Waals surface area contributed by atoms with E-state index in [9.17, 15) is 9.59 Å². The molecule has 2 N–H and O–H groups in total. The lowest BCUT2D eigenvalue weighted by molar-refractivity contribution is -0.136. The summed E-state index contributed by atoms with van der Waals surface area (Å²) in [6.45, 7) is 31.1. The molecule has 0 spiro atoms. The molecule has 2 aliphatic heterocycles. The number of benzene rings is 2. The average molecular weight is 855 g/mol. The smallest absolute Gasteiger partial charge is 0.263 e. The maximum absolute atomic E-state index is 14.4. The number of aryl methyl sites for hydroxylation is 1. The molecule has 2 aliphatic rings. The SMILES string of the molecule is C#C/C(=C\C(=C(/C)C(C)OC)c1c(CC(C)(C)CCC=O)c2cc(-c3cccc(CC(NC(=C)C(C(C)C)N(C)C=C)C(=O)N4CCCC(=C)N4)c3)ccc2n1CC)C1CN(C)C1. The van der Waals surface area contributed by atoms with Gasteiger partial charge in [-0.05, 0) is 117 Å². The van der Waals surface area contributed by atoms with Gasteiger partial charge >= 0.3 is 0 Å². The predicted molar refractivity (Wildman–Crippen MR) is 262 cm³/mol. The maximum Gasteiger partial charge on any atom is 0.263 e. The van der Waals surface area contributed by atoms with Gasteiger partial charge in [0.15, 0.2) is 0 Å². The molecule has 3 aromatic rings. The van der Waals surface area contributed by atoms with E-state index in [0.717, 1.165) is 108 Å². The lowest BCUT2D eigenvalue weighted by atomic mass is 9.79. The molecule has 3 unspecified atom stereocenters. The van der Waals surface area contributed by atoms with Crippen LogP contribution in [0.4, 0.5) is 0 Å². The van der Waals surface area contributed by atoms with Gasteiger partial charge in [0.05, 0.1) is 17.8 Å². The molecule has 2 saturated heterocycles. The summed E-state index contributed by atoms with van der Waals surface area (Å²) in [5.74, 6) is 3.56. The molecular formula is C54H74N6O3. The van der Waals surface area contributed by atoms with Crippen molar-refractivity contribution >= 4 is 28.7 Å². The topological polar surface area (TPSA) is 82.1 Å². The van der Waals surface area contributed by atoms with Gasteiger partial charge in [-0.25, -0.2) is 0 Å². The number of carbonyl (C=O) groups excluding carboxylic acids is 2. The largest absolute Gasteiger partial charge is 0.377 e. The van der Waals surface area contributed by atoms with E-state index in [0.29, 0.717) is 25.3 Å². The summed E-state index contributed by atoms with van der Waals surface area (Å²) in [5, 5.41) is 6.46. The van der Waals surface area contributed by atoms with E-state index >= 15 is 0 Å². The molecule has 0 aliphatic carbocycles. The molecular weight excluding hydrogens is 781 g/mol. The number of methoxy groups -OCH3 is 1. The van der Waals surface area contributed by atoms with Gasteiger partial charge in [0.2, 0.25) is 0 Å². The van der Waals surface area contributed by atoms with Gasteiger partial charge < -0.3 is 34.6 Å². The van der Waals surface area contributed by atoms with Crippen molar-refractivity contribution in [2.45, 2.75) is 112 Å². The molecule has 2 fully saturated rings. The van der Waals surface area contributed by atoms with Crippen molar-refractivity contribution < 1.29 is 14.3 Å². The Kier molecular flexibility index (Phi) is 16.5. The fourth-order valence-corrected chi connectivity index (χ4v) is 9.49. The summed E-state index contributed by atoms with van der Waals surface area (Å²) in [5.41, 5.74) is 14.6. The first kappa shape index (κ1) is 48.7. The Balaban J connectivity index is 1.65. The van der Waals surface area contributed by atoms with E-state index in [1.807, 2.05) is 11.9 Å². The lowest BCUT2D eigenvalue weighted by Gasteiger charge is -2.37. The number of nitrogens with one attached hydrogen (secondary N) is 2. The monoisotopic (exact) mass is 855 g/mol. The van der Waals surface area contributed by atoms with Crippen LogP contribution in [0.15, 0.2) is 97.0 Å². The van der Waals surface area contributed by atoms with Crippen molar-refractivity contribution in [3.63, 3.8) is 0 Å². The third-order valence-electron chi connectivity index (χ3n) is 13.2. The molecule has 1 amide bonds. The van der Waals surface area contributed by atoms with Crippen LogP contribution in [0.3, 0.4) is 0 Å². The minimum Gasteiger partial charge on any atom is -0.377 e. The van der Waals surface area contributed by atoms with Crippen LogP contribution in [0, 0.1) is 29.6 Å². The Hall–Kier alpha value is -5.30. The molecule has 5 rings (SSSR count). The highest BCUT2D eigenvalue weighted by molar-refractivity contribution is 5.96. The van der Waals surface area contributed by atoms with Crippen LogP contribution in [0.1, 0.15) is 91.0 Å². The van der Waals surface area contributed by atoms with Crippen LogP contribution in [0.5, 0.6) is 0 Å². The van der Waals surface area contributed by atoms with Crippen LogP contribution in [0.25, 0.3) is 27.6 Å². The van der Waals surface area contributed by atoms with E-state index in [2.05, 4.69) is 150 Å². The first-order valence-corrected chi connectivity index (χ1v) is 22.8. The van der Waals surface area contributed by atoms with Gasteiger partial charge in [0.25, 0.3) is 5.91 Å². The molecule has 2 aromatic carbocycles. The number of carbonyl (C=O) groups is 2. The third-order valence-corrected chi connectivity index (χ3v) is 13.2. The normalized spacial score (nSPS) is 17.0. The number of amides is 1. The third kappa shape index (κ3) is 11.5. The summed E-state index contributed by atoms with van der Waals surface area (Å²) in [6.07, 6.45) is 15.4. The maximum atomic E-state index is 14.4. The summed E-state index contributed by atoms with van der Waals surface area (Å²) < 4.78 is 8.41. The van der Waals surface area contributed by atoms with Gasteiger partial charge in [-0.2, -0.15) is 0 Å². The van der Waals surface area contributed by atoms with Gasteiger partial charge in [0, 0.05) is 92.5 Å². The first-order valence-electron chi connectivity index (χ1n) is 22.8. The summed E-state index contributed by atoms with van der Waals surface area (Å²) in [4.78, 5) is 30.4. The zero-order valence-corrected chi connectivity index (χ0v) is 39.9. The van der Waals surface area contributed by atoms with Crippen LogP contribution in [-0.2, 0) is 33.7 Å². The standard InChI is InChI=1S/C54H74N6O3/c1-15-42(45-34-57(12)35-45)31-46(38(7)40(9)63-14)52-48(33-54(10,11)26-20-28-61)47-32-44(24-25-50(47)59(52)17-3)43-23-18-22-41(29-43)30-49(53(62)60-27-19-21-37(6)56-60)55-39(8)51(36(4)5)58(13)16-2/h1,16,18,22-25,28-29,31-32,36,40,45,49,51,55-56H,2,6,8,17,19-21,26-27,30,33-35H2,3-5,7,9-14H3/b42-31+,46-38-. The average Bonchev–Trinajstić information content (AvgIpc) is 3.55. The predicted octanol–water partition coefficient (Wildman–Crippen LogP) is 9.56. The van der Waals surface area contributed by atoms with Crippen LogP contribution < -0.4 is 10.7 Å². The van der Waals surface area contributed by atoms with E-state index in [1.165, 1.54) is 10.9 Å². The van der Waals surface area contributed by atoms with E-state index < -0.39 is 6.04 Å². The number of hydrazine groups is 1. The second kappa shape index (κ2) is 21.4. The number of fused-ring (bicyclic) bond motifs is 1. The number of aldehydes is 1. The fourth-order valence-electron chi connectivity index (χ4n) is 9.49. The van der Waals surface area contributed by atoms with E-state index in [1.54, 1.807) is 18.3 Å². The van der Waals surface area contributed by atoms with Crippen molar-refractivity contribution in [3.05, 3.63) is 114 Å². The number of rotatable bonds is 21. The Labute approximate surface area is 379 Å². The molecule has 0 bridgehead atoms. The van der Waals surface area contributed by atoms with Crippen molar-refractivity contribution in [2.75, 3.05) is 40.8 Å². The van der Waals surface area contributed by atoms with Crippen molar-refractivity contribution in [2.24, 2.45) is 17.3 Å². The number of ether oxygens (including phenoxy) is 1. The number of nitrogens with zero attached hydrogens (tertiary/aromatic N) is 4. The van der Waals surface area contributed by atoms with E-state index in [4.69, 9.17) is 11.2 Å². The second-order valence-electron chi connectivity index (χ2n) is 19.0. The molecule has 3 atom stereocenters. The number of allylic oxidation sites excluding steroid dienone is 3.